The number of carbonyl (C=O) groups excluding carboxylic acids is 1. The summed E-state index contributed by atoms with van der Waals surface area (Å²) in [4.78, 5) is 31.1. The van der Waals surface area contributed by atoms with Crippen molar-refractivity contribution in [3.63, 3.8) is 0 Å². The molecule has 1 aromatic carbocycles. The molecule has 2 heterocycles. The van der Waals surface area contributed by atoms with Crippen LogP contribution in [0.2, 0.25) is 0 Å². The second kappa shape index (κ2) is 5.25. The Morgan fingerprint density at radius 3 is 2.81 bits per heavy atom. The summed E-state index contributed by atoms with van der Waals surface area (Å²) < 4.78 is 0. The maximum Gasteiger partial charge on any atom is 0.257 e. The summed E-state index contributed by atoms with van der Waals surface area (Å²) in [6, 6.07) is 6.71. The average Bonchev–Trinajstić information content (AvgIpc) is 2.46. The number of rotatable bonds is 2. The van der Waals surface area contributed by atoms with E-state index in [9.17, 15) is 14.7 Å². The lowest BCUT2D eigenvalue weighted by molar-refractivity contribution is -0.116. The van der Waals surface area contributed by atoms with E-state index in [0.29, 0.717) is 16.3 Å². The second-order valence-corrected chi connectivity index (χ2v) is 5.50. The third-order valence-corrected chi connectivity index (χ3v) is 4.01. The van der Waals surface area contributed by atoms with Gasteiger partial charge in [0.25, 0.3) is 5.56 Å². The predicted molar refractivity (Wildman–Crippen MR) is 79.8 cm³/mol. The van der Waals surface area contributed by atoms with Crippen molar-refractivity contribution < 1.29 is 9.90 Å². The number of phenols is 1. The van der Waals surface area contributed by atoms with Crippen LogP contribution in [0.15, 0.2) is 34.2 Å². The van der Waals surface area contributed by atoms with Gasteiger partial charge >= 0.3 is 0 Å². The first-order chi connectivity index (χ1) is 10.1. The lowest BCUT2D eigenvalue weighted by Gasteiger charge is -2.24. The van der Waals surface area contributed by atoms with Gasteiger partial charge in [-0.25, -0.2) is 4.98 Å². The van der Waals surface area contributed by atoms with Crippen LogP contribution in [0.25, 0.3) is 0 Å². The van der Waals surface area contributed by atoms with Crippen molar-refractivity contribution in [1.82, 2.24) is 9.97 Å². The van der Waals surface area contributed by atoms with Crippen LogP contribution in [0.5, 0.6) is 5.75 Å². The first-order valence-corrected chi connectivity index (χ1v) is 7.58. The SMILES string of the molecule is CSc1nc2c(c(=O)[nH]1)C(c1ccccc1O)CC(=O)N2. The van der Waals surface area contributed by atoms with Crippen molar-refractivity contribution >= 4 is 23.5 Å². The van der Waals surface area contributed by atoms with Crippen molar-refractivity contribution in [3.05, 3.63) is 45.7 Å². The number of H-pyrrole nitrogens is 1. The lowest BCUT2D eigenvalue weighted by Crippen LogP contribution is -2.31. The third-order valence-electron chi connectivity index (χ3n) is 3.43. The van der Waals surface area contributed by atoms with Crippen LogP contribution in [0.1, 0.15) is 23.5 Å². The van der Waals surface area contributed by atoms with Gasteiger partial charge in [0.2, 0.25) is 5.91 Å². The highest BCUT2D eigenvalue weighted by Crippen LogP contribution is 2.37. The normalized spacial score (nSPS) is 17.2. The zero-order valence-corrected chi connectivity index (χ0v) is 12.0. The molecule has 3 rings (SSSR count). The number of aromatic hydroxyl groups is 1. The molecule has 1 aliphatic rings. The Morgan fingerprint density at radius 2 is 2.10 bits per heavy atom. The number of carbonyl (C=O) groups is 1. The summed E-state index contributed by atoms with van der Waals surface area (Å²) in [6.07, 6.45) is 1.89. The van der Waals surface area contributed by atoms with Gasteiger partial charge in [-0.1, -0.05) is 30.0 Å². The van der Waals surface area contributed by atoms with Crippen LogP contribution >= 0.6 is 11.8 Å². The van der Waals surface area contributed by atoms with Crippen LogP contribution in [0.3, 0.4) is 0 Å². The Balaban J connectivity index is 2.21. The van der Waals surface area contributed by atoms with Gasteiger partial charge in [-0.05, 0) is 12.3 Å². The van der Waals surface area contributed by atoms with Gasteiger partial charge in [0, 0.05) is 17.9 Å². The summed E-state index contributed by atoms with van der Waals surface area (Å²) in [5, 5.41) is 13.1. The monoisotopic (exact) mass is 303 g/mol. The minimum Gasteiger partial charge on any atom is -0.508 e. The number of amides is 1. The number of hydrogen-bond acceptors (Lipinski definition) is 5. The highest BCUT2D eigenvalue weighted by Gasteiger charge is 2.32. The third kappa shape index (κ3) is 2.40. The Kier molecular flexibility index (Phi) is 3.42. The number of thioether (sulfide) groups is 1. The summed E-state index contributed by atoms with van der Waals surface area (Å²) >= 11 is 1.29. The largest absolute Gasteiger partial charge is 0.508 e. The number of para-hydroxylation sites is 1. The molecule has 1 amide bonds. The van der Waals surface area contributed by atoms with Crippen LogP contribution < -0.4 is 10.9 Å². The summed E-state index contributed by atoms with van der Waals surface area (Å²) in [5.41, 5.74) is 0.643. The summed E-state index contributed by atoms with van der Waals surface area (Å²) in [6.45, 7) is 0. The molecule has 2 aromatic rings. The Labute approximate surface area is 124 Å². The molecule has 0 bridgehead atoms. The fraction of sp³-hybridized carbons (Fsp3) is 0.214. The van der Waals surface area contributed by atoms with Crippen LogP contribution in [0, 0.1) is 0 Å². The summed E-state index contributed by atoms with van der Waals surface area (Å²) in [5.74, 6) is -0.382. The zero-order chi connectivity index (χ0) is 15.0. The molecule has 1 aliphatic heterocycles. The topological polar surface area (TPSA) is 95.1 Å². The summed E-state index contributed by atoms with van der Waals surface area (Å²) in [7, 11) is 0. The Bertz CT molecular complexity index is 772. The molecule has 7 heteroatoms. The second-order valence-electron chi connectivity index (χ2n) is 4.70. The van der Waals surface area contributed by atoms with Gasteiger partial charge in [0.15, 0.2) is 5.16 Å². The van der Waals surface area contributed by atoms with Crippen molar-refractivity contribution in [2.45, 2.75) is 17.5 Å². The predicted octanol–water partition coefficient (Wildman–Crippen LogP) is 1.67. The van der Waals surface area contributed by atoms with Gasteiger partial charge in [0.1, 0.15) is 11.6 Å². The number of anilines is 1. The first-order valence-electron chi connectivity index (χ1n) is 6.36. The Hall–Kier alpha value is -2.28. The van der Waals surface area contributed by atoms with E-state index in [1.807, 2.05) is 0 Å². The number of aromatic amines is 1. The molecule has 0 radical (unpaired) electrons. The van der Waals surface area contributed by atoms with E-state index in [4.69, 9.17) is 0 Å². The molecule has 1 aromatic heterocycles. The van der Waals surface area contributed by atoms with Gasteiger partial charge in [-0.2, -0.15) is 0 Å². The van der Waals surface area contributed by atoms with Gasteiger partial charge in [-0.15, -0.1) is 0 Å². The number of nitrogens with one attached hydrogen (secondary N) is 2. The molecule has 21 heavy (non-hydrogen) atoms. The maximum atomic E-state index is 12.3. The van der Waals surface area contributed by atoms with Gasteiger partial charge in [-0.3, -0.25) is 9.59 Å². The first kappa shape index (κ1) is 13.7. The molecule has 0 aliphatic carbocycles. The van der Waals surface area contributed by atoms with Crippen molar-refractivity contribution in [2.75, 3.05) is 11.6 Å². The van der Waals surface area contributed by atoms with Crippen LogP contribution in [-0.2, 0) is 4.79 Å². The molecular formula is C14H13N3O3S. The number of phenolic OH excluding ortho intramolecular Hbond substituents is 1. The fourth-order valence-electron chi connectivity index (χ4n) is 2.50. The van der Waals surface area contributed by atoms with E-state index in [0.717, 1.165) is 0 Å². The Morgan fingerprint density at radius 1 is 1.33 bits per heavy atom. The molecule has 1 unspecified atom stereocenters. The zero-order valence-electron chi connectivity index (χ0n) is 11.2. The molecule has 3 N–H and O–H groups in total. The number of hydrogen-bond donors (Lipinski definition) is 3. The molecule has 108 valence electrons. The molecular weight excluding hydrogens is 290 g/mol. The van der Waals surface area contributed by atoms with Gasteiger partial charge in [0.05, 0.1) is 5.56 Å². The molecule has 0 spiro atoms. The van der Waals surface area contributed by atoms with Gasteiger partial charge < -0.3 is 15.4 Å². The van der Waals surface area contributed by atoms with E-state index in [1.165, 1.54) is 11.8 Å². The molecule has 1 atom stereocenters. The van der Waals surface area contributed by atoms with E-state index in [-0.39, 0.29) is 29.5 Å². The molecule has 6 nitrogen and oxygen atoms in total. The average molecular weight is 303 g/mol. The number of fused-ring (bicyclic) bond motifs is 1. The van der Waals surface area contributed by atoms with Crippen molar-refractivity contribution in [2.24, 2.45) is 0 Å². The highest BCUT2D eigenvalue weighted by atomic mass is 32.2. The number of aromatic nitrogens is 2. The number of benzene rings is 1. The quantitative estimate of drug-likeness (QED) is 0.579. The fourth-order valence-corrected chi connectivity index (χ4v) is 2.87. The van der Waals surface area contributed by atoms with E-state index >= 15 is 0 Å². The van der Waals surface area contributed by atoms with Crippen LogP contribution in [-0.4, -0.2) is 27.2 Å². The molecule has 0 fully saturated rings. The standard InChI is InChI=1S/C14H13N3O3S/c1-21-14-16-12-11(13(20)17-14)8(6-10(19)15-12)7-4-2-3-5-9(7)18/h2-5,8,18H,6H2,1H3,(H2,15,16,17,19,20). The van der Waals surface area contributed by atoms with E-state index < -0.39 is 5.92 Å². The van der Waals surface area contributed by atoms with Crippen molar-refractivity contribution in [1.29, 1.82) is 0 Å². The van der Waals surface area contributed by atoms with E-state index in [2.05, 4.69) is 15.3 Å². The van der Waals surface area contributed by atoms with Crippen LogP contribution in [0.4, 0.5) is 5.82 Å². The highest BCUT2D eigenvalue weighted by molar-refractivity contribution is 7.98. The van der Waals surface area contributed by atoms with E-state index in [1.54, 1.807) is 30.5 Å². The minimum absolute atomic E-state index is 0.0662. The molecule has 0 saturated carbocycles. The van der Waals surface area contributed by atoms with Crippen molar-refractivity contribution in [3.8, 4) is 5.75 Å². The minimum atomic E-state index is -0.498. The maximum absolute atomic E-state index is 12.3. The lowest BCUT2D eigenvalue weighted by atomic mass is 9.86. The molecule has 0 saturated heterocycles. The number of nitrogens with zero attached hydrogens (tertiary/aromatic N) is 1. The smallest absolute Gasteiger partial charge is 0.257 e.